The molecule has 5 rings (SSSR count). The van der Waals surface area contributed by atoms with E-state index in [0.717, 1.165) is 26.6 Å². The van der Waals surface area contributed by atoms with Gasteiger partial charge in [-0.1, -0.05) is 23.7 Å². The Morgan fingerprint density at radius 1 is 1.21 bits per heavy atom. The first-order chi connectivity index (χ1) is 16.4. The molecule has 0 bridgehead atoms. The van der Waals surface area contributed by atoms with Gasteiger partial charge in [0, 0.05) is 42.4 Å². The van der Waals surface area contributed by atoms with Crippen molar-refractivity contribution in [3.05, 3.63) is 64.3 Å². The van der Waals surface area contributed by atoms with Gasteiger partial charge in [0.25, 0.3) is 5.91 Å². The van der Waals surface area contributed by atoms with Crippen LogP contribution in [0.3, 0.4) is 0 Å². The molecule has 3 heterocycles. The highest BCUT2D eigenvalue weighted by atomic mass is 35.5. The number of benzene rings is 2. The molecule has 8 nitrogen and oxygen atoms in total. The Morgan fingerprint density at radius 3 is 2.88 bits per heavy atom. The minimum Gasteiger partial charge on any atom is -0.383 e. The van der Waals surface area contributed by atoms with Gasteiger partial charge in [0.15, 0.2) is 0 Å². The van der Waals surface area contributed by atoms with Crippen LogP contribution in [0.1, 0.15) is 15.9 Å². The SMILES string of the molecule is COC[C@H]1C(=O)N(Cc2ccc3c(N)ncnc3c2)CCN1C(=O)c1ccc2cc(Cl)sc2c1. The molecule has 1 saturated heterocycles. The Kier molecular flexibility index (Phi) is 6.07. The second-order valence-electron chi connectivity index (χ2n) is 8.14. The second kappa shape index (κ2) is 9.17. The third kappa shape index (κ3) is 4.18. The molecule has 2 amide bonds. The maximum Gasteiger partial charge on any atom is 0.254 e. The van der Waals surface area contributed by atoms with Crippen molar-refractivity contribution in [1.82, 2.24) is 19.8 Å². The molecule has 1 aliphatic heterocycles. The van der Waals surface area contributed by atoms with E-state index in [1.165, 1.54) is 24.8 Å². The standard InChI is InChI=1S/C24H22ClN5O3S/c1-33-12-19-24(32)29(11-14-2-5-17-18(8-14)27-13-28-22(17)26)6-7-30(19)23(31)16-4-3-15-10-21(25)34-20(15)9-16/h2-5,8-10,13,19H,6-7,11-12H2,1H3,(H2,26,27,28)/t19-/m0/s1. The molecule has 0 aliphatic carbocycles. The maximum atomic E-state index is 13.4. The summed E-state index contributed by atoms with van der Waals surface area (Å²) in [5.74, 6) is 0.0752. The van der Waals surface area contributed by atoms with Crippen LogP contribution < -0.4 is 5.73 Å². The number of nitrogens with zero attached hydrogens (tertiary/aromatic N) is 4. The van der Waals surface area contributed by atoms with E-state index in [-0.39, 0.29) is 18.4 Å². The number of ether oxygens (including phenoxy) is 1. The van der Waals surface area contributed by atoms with E-state index in [1.807, 2.05) is 36.4 Å². The molecule has 0 radical (unpaired) electrons. The number of fused-ring (bicyclic) bond motifs is 2. The Hall–Kier alpha value is -3.27. The van der Waals surface area contributed by atoms with Crippen LogP contribution in [0, 0.1) is 0 Å². The van der Waals surface area contributed by atoms with Gasteiger partial charge >= 0.3 is 0 Å². The molecule has 2 aromatic carbocycles. The summed E-state index contributed by atoms with van der Waals surface area (Å²) in [5, 5.41) is 1.76. The van der Waals surface area contributed by atoms with E-state index >= 15 is 0 Å². The first-order valence-corrected chi connectivity index (χ1v) is 11.9. The van der Waals surface area contributed by atoms with E-state index in [0.29, 0.717) is 35.4 Å². The van der Waals surface area contributed by atoms with E-state index in [9.17, 15) is 9.59 Å². The van der Waals surface area contributed by atoms with Gasteiger partial charge in [0.2, 0.25) is 5.91 Å². The monoisotopic (exact) mass is 495 g/mol. The fraction of sp³-hybridized carbons (Fsp3) is 0.250. The topological polar surface area (TPSA) is 102 Å². The van der Waals surface area contributed by atoms with Crippen molar-refractivity contribution in [3.8, 4) is 0 Å². The van der Waals surface area contributed by atoms with Gasteiger partial charge in [-0.15, -0.1) is 11.3 Å². The molecule has 34 heavy (non-hydrogen) atoms. The van der Waals surface area contributed by atoms with E-state index in [4.69, 9.17) is 22.1 Å². The van der Waals surface area contributed by atoms with Gasteiger partial charge < -0.3 is 20.3 Å². The van der Waals surface area contributed by atoms with Gasteiger partial charge in [-0.25, -0.2) is 9.97 Å². The number of amides is 2. The normalized spacial score (nSPS) is 16.5. The quantitative estimate of drug-likeness (QED) is 0.454. The van der Waals surface area contributed by atoms with E-state index < -0.39 is 6.04 Å². The largest absolute Gasteiger partial charge is 0.383 e. The number of hydrogen-bond acceptors (Lipinski definition) is 7. The molecular formula is C24H22ClN5O3S. The van der Waals surface area contributed by atoms with Crippen molar-refractivity contribution in [2.24, 2.45) is 0 Å². The van der Waals surface area contributed by atoms with Crippen LogP contribution >= 0.6 is 22.9 Å². The van der Waals surface area contributed by atoms with Gasteiger partial charge in [0.05, 0.1) is 16.5 Å². The van der Waals surface area contributed by atoms with Crippen LogP contribution in [0.4, 0.5) is 5.82 Å². The Balaban J connectivity index is 1.37. The lowest BCUT2D eigenvalue weighted by Gasteiger charge is -2.40. The minimum atomic E-state index is -0.702. The minimum absolute atomic E-state index is 0.121. The number of thiophene rings is 1. The first-order valence-electron chi connectivity index (χ1n) is 10.7. The molecule has 2 N–H and O–H groups in total. The summed E-state index contributed by atoms with van der Waals surface area (Å²) in [6, 6.07) is 12.3. The molecule has 1 aliphatic rings. The predicted molar refractivity (Wildman–Crippen MR) is 133 cm³/mol. The number of methoxy groups -OCH3 is 1. The van der Waals surface area contributed by atoms with Crippen LogP contribution in [0.2, 0.25) is 4.34 Å². The lowest BCUT2D eigenvalue weighted by molar-refractivity contribution is -0.143. The number of rotatable bonds is 5. The third-order valence-corrected chi connectivity index (χ3v) is 7.24. The summed E-state index contributed by atoms with van der Waals surface area (Å²) in [6.45, 7) is 1.35. The number of carbonyl (C=O) groups excluding carboxylic acids is 2. The zero-order chi connectivity index (χ0) is 23.8. The van der Waals surface area contributed by atoms with Gasteiger partial charge in [-0.2, -0.15) is 0 Å². The number of nitrogens with two attached hydrogens (primary N) is 1. The number of hydrogen-bond donors (Lipinski definition) is 1. The van der Waals surface area contributed by atoms with Gasteiger partial charge in [-0.3, -0.25) is 9.59 Å². The predicted octanol–water partition coefficient (Wildman–Crippen LogP) is 3.58. The van der Waals surface area contributed by atoms with Crippen LogP contribution in [-0.4, -0.2) is 64.4 Å². The Morgan fingerprint density at radius 2 is 2.06 bits per heavy atom. The molecule has 0 spiro atoms. The lowest BCUT2D eigenvalue weighted by atomic mass is 10.1. The average Bonchev–Trinajstić information content (AvgIpc) is 3.21. The highest BCUT2D eigenvalue weighted by molar-refractivity contribution is 7.22. The summed E-state index contributed by atoms with van der Waals surface area (Å²) in [4.78, 5) is 38.4. The van der Waals surface area contributed by atoms with Crippen molar-refractivity contribution in [2.75, 3.05) is 32.5 Å². The summed E-state index contributed by atoms with van der Waals surface area (Å²) >= 11 is 7.54. The van der Waals surface area contributed by atoms with Crippen molar-refractivity contribution in [1.29, 1.82) is 0 Å². The van der Waals surface area contributed by atoms with E-state index in [2.05, 4.69) is 9.97 Å². The molecule has 10 heteroatoms. The summed E-state index contributed by atoms with van der Waals surface area (Å²) < 4.78 is 6.93. The van der Waals surface area contributed by atoms with Crippen LogP contribution in [0.15, 0.2) is 48.8 Å². The molecule has 1 fully saturated rings. The van der Waals surface area contributed by atoms with Crippen molar-refractivity contribution in [3.63, 3.8) is 0 Å². The number of aromatic nitrogens is 2. The van der Waals surface area contributed by atoms with Gasteiger partial charge in [-0.05, 0) is 41.3 Å². The lowest BCUT2D eigenvalue weighted by Crippen LogP contribution is -2.60. The molecule has 0 saturated carbocycles. The number of carbonyl (C=O) groups is 2. The fourth-order valence-corrected chi connectivity index (χ4v) is 5.49. The third-order valence-electron chi connectivity index (χ3n) is 6.01. The van der Waals surface area contributed by atoms with Gasteiger partial charge in [0.1, 0.15) is 18.2 Å². The molecule has 4 aromatic rings. The Bertz CT molecular complexity index is 1410. The first kappa shape index (κ1) is 22.5. The molecule has 174 valence electrons. The summed E-state index contributed by atoms with van der Waals surface area (Å²) in [6.07, 6.45) is 1.42. The molecule has 2 aromatic heterocycles. The fourth-order valence-electron chi connectivity index (χ4n) is 4.30. The van der Waals surface area contributed by atoms with Crippen molar-refractivity contribution < 1.29 is 14.3 Å². The number of nitrogen functional groups attached to an aromatic ring is 1. The average molecular weight is 496 g/mol. The van der Waals surface area contributed by atoms with Crippen LogP contribution in [0.5, 0.6) is 0 Å². The number of halogens is 1. The number of piperazine rings is 1. The van der Waals surface area contributed by atoms with Crippen molar-refractivity contribution >= 4 is 61.6 Å². The maximum absolute atomic E-state index is 13.4. The molecule has 1 atom stereocenters. The van der Waals surface area contributed by atoms with E-state index in [1.54, 1.807) is 15.9 Å². The summed E-state index contributed by atoms with van der Waals surface area (Å²) in [5.41, 5.74) is 8.09. The highest BCUT2D eigenvalue weighted by Crippen LogP contribution is 2.31. The van der Waals surface area contributed by atoms with Crippen molar-refractivity contribution in [2.45, 2.75) is 12.6 Å². The molecular weight excluding hydrogens is 474 g/mol. The molecule has 0 unspecified atom stereocenters. The smallest absolute Gasteiger partial charge is 0.254 e. The summed E-state index contributed by atoms with van der Waals surface area (Å²) in [7, 11) is 1.53. The number of anilines is 1. The van der Waals surface area contributed by atoms with Crippen LogP contribution in [0.25, 0.3) is 21.0 Å². The zero-order valence-electron chi connectivity index (χ0n) is 18.4. The van der Waals surface area contributed by atoms with Crippen LogP contribution in [-0.2, 0) is 16.1 Å². The highest BCUT2D eigenvalue weighted by Gasteiger charge is 2.37. The Labute approximate surface area is 204 Å². The zero-order valence-corrected chi connectivity index (χ0v) is 20.0. The second-order valence-corrected chi connectivity index (χ2v) is 9.86.